The lowest BCUT2D eigenvalue weighted by Crippen LogP contribution is -2.28. The molecule has 16 heavy (non-hydrogen) atoms. The minimum Gasteiger partial charge on any atom is -0.345 e. The second-order valence-electron chi connectivity index (χ2n) is 4.20. The van der Waals surface area contributed by atoms with Crippen LogP contribution in [0.3, 0.4) is 0 Å². The Hall–Kier alpha value is -1.64. The van der Waals surface area contributed by atoms with Crippen molar-refractivity contribution in [2.75, 3.05) is 0 Å². The number of benzene rings is 1. The van der Waals surface area contributed by atoms with Crippen molar-refractivity contribution < 1.29 is 9.59 Å². The third-order valence-corrected chi connectivity index (χ3v) is 2.94. The number of Topliss-reactive ketones (excluding diaryl/α,β-unsaturated/α-hetero) is 1. The minimum atomic E-state index is -0.513. The van der Waals surface area contributed by atoms with E-state index in [0.29, 0.717) is 6.54 Å². The van der Waals surface area contributed by atoms with Crippen LogP contribution < -0.4 is 5.32 Å². The van der Waals surface area contributed by atoms with Crippen molar-refractivity contribution in [2.24, 2.45) is 0 Å². The van der Waals surface area contributed by atoms with Gasteiger partial charge >= 0.3 is 0 Å². The average molecular weight is 217 g/mol. The maximum Gasteiger partial charge on any atom is 0.287 e. The van der Waals surface area contributed by atoms with E-state index >= 15 is 0 Å². The molecule has 1 aromatic rings. The molecular formula is C13H15NO2. The van der Waals surface area contributed by atoms with E-state index in [1.807, 2.05) is 6.07 Å². The third kappa shape index (κ3) is 2.30. The van der Waals surface area contributed by atoms with Crippen molar-refractivity contribution in [3.8, 4) is 0 Å². The second-order valence-corrected chi connectivity index (χ2v) is 4.20. The van der Waals surface area contributed by atoms with Gasteiger partial charge in [0.2, 0.25) is 5.78 Å². The summed E-state index contributed by atoms with van der Waals surface area (Å²) in [6.07, 6.45) is 3.51. The summed E-state index contributed by atoms with van der Waals surface area (Å²) in [6.45, 7) is 1.71. The Morgan fingerprint density at radius 2 is 2.00 bits per heavy atom. The first-order valence-corrected chi connectivity index (χ1v) is 5.56. The molecule has 1 aromatic carbocycles. The average Bonchev–Trinajstić information content (AvgIpc) is 2.72. The monoisotopic (exact) mass is 217 g/mol. The third-order valence-electron chi connectivity index (χ3n) is 2.94. The predicted octanol–water partition coefficient (Wildman–Crippen LogP) is 1.38. The second kappa shape index (κ2) is 4.47. The fraction of sp³-hybridized carbons (Fsp3) is 0.385. The Labute approximate surface area is 94.9 Å². The summed E-state index contributed by atoms with van der Waals surface area (Å²) >= 11 is 0. The Balaban J connectivity index is 2.00. The molecule has 0 saturated carbocycles. The fourth-order valence-corrected chi connectivity index (χ4v) is 2.04. The maximum atomic E-state index is 11.1. The van der Waals surface area contributed by atoms with Crippen molar-refractivity contribution in [1.29, 1.82) is 0 Å². The normalized spacial score (nSPS) is 13.3. The molecule has 84 valence electrons. The number of rotatable bonds is 3. The summed E-state index contributed by atoms with van der Waals surface area (Å²) in [4.78, 5) is 21.8. The Morgan fingerprint density at radius 1 is 1.25 bits per heavy atom. The number of nitrogens with one attached hydrogen (secondary N) is 1. The molecule has 2 rings (SSSR count). The van der Waals surface area contributed by atoms with Crippen LogP contribution in [0.25, 0.3) is 0 Å². The molecule has 0 fully saturated rings. The van der Waals surface area contributed by atoms with Gasteiger partial charge in [-0.25, -0.2) is 0 Å². The lowest BCUT2D eigenvalue weighted by atomic mass is 10.1. The molecule has 0 heterocycles. The summed E-state index contributed by atoms with van der Waals surface area (Å²) in [6, 6.07) is 6.27. The molecular weight excluding hydrogens is 202 g/mol. The first kappa shape index (κ1) is 10.9. The van der Waals surface area contributed by atoms with Gasteiger partial charge in [-0.15, -0.1) is 0 Å². The van der Waals surface area contributed by atoms with E-state index in [9.17, 15) is 9.59 Å². The standard InChI is InChI=1S/C13H15NO2/c1-9(15)13(16)14-8-10-5-6-11-3-2-4-12(11)7-10/h5-7H,2-4,8H2,1H3,(H,14,16). The number of carbonyl (C=O) groups is 2. The highest BCUT2D eigenvalue weighted by Gasteiger charge is 2.11. The molecule has 0 unspecified atom stereocenters. The molecule has 0 saturated heterocycles. The molecule has 0 aromatic heterocycles. The first-order chi connectivity index (χ1) is 7.66. The summed E-state index contributed by atoms with van der Waals surface area (Å²) in [7, 11) is 0. The molecule has 0 radical (unpaired) electrons. The van der Waals surface area contributed by atoms with Gasteiger partial charge < -0.3 is 5.32 Å². The van der Waals surface area contributed by atoms with Crippen LogP contribution in [0.5, 0.6) is 0 Å². The van der Waals surface area contributed by atoms with Gasteiger partial charge in [0.15, 0.2) is 0 Å². The van der Waals surface area contributed by atoms with E-state index in [1.165, 1.54) is 24.5 Å². The number of fused-ring (bicyclic) bond motifs is 1. The van der Waals surface area contributed by atoms with Crippen LogP contribution in [-0.2, 0) is 29.0 Å². The highest BCUT2D eigenvalue weighted by atomic mass is 16.2. The lowest BCUT2D eigenvalue weighted by Gasteiger charge is -2.05. The summed E-state index contributed by atoms with van der Waals surface area (Å²) in [5.74, 6) is -0.957. The van der Waals surface area contributed by atoms with E-state index in [2.05, 4.69) is 17.4 Å². The quantitative estimate of drug-likeness (QED) is 0.777. The van der Waals surface area contributed by atoms with Crippen molar-refractivity contribution in [1.82, 2.24) is 5.32 Å². The molecule has 1 N–H and O–H groups in total. The lowest BCUT2D eigenvalue weighted by molar-refractivity contribution is -0.136. The summed E-state index contributed by atoms with van der Waals surface area (Å²) < 4.78 is 0. The van der Waals surface area contributed by atoms with E-state index < -0.39 is 11.7 Å². The number of ketones is 1. The highest BCUT2D eigenvalue weighted by molar-refractivity contribution is 6.35. The molecule has 3 nitrogen and oxygen atoms in total. The molecule has 1 aliphatic carbocycles. The molecule has 0 spiro atoms. The molecule has 0 aliphatic heterocycles. The number of hydrogen-bond acceptors (Lipinski definition) is 2. The van der Waals surface area contributed by atoms with E-state index in [1.54, 1.807) is 0 Å². The maximum absolute atomic E-state index is 11.1. The zero-order chi connectivity index (χ0) is 11.5. The van der Waals surface area contributed by atoms with Crippen LogP contribution >= 0.6 is 0 Å². The first-order valence-electron chi connectivity index (χ1n) is 5.56. The SMILES string of the molecule is CC(=O)C(=O)NCc1ccc2c(c1)CCC2. The van der Waals surface area contributed by atoms with Gasteiger partial charge in [0.25, 0.3) is 5.91 Å². The van der Waals surface area contributed by atoms with Crippen molar-refractivity contribution in [3.05, 3.63) is 34.9 Å². The Morgan fingerprint density at radius 3 is 2.75 bits per heavy atom. The van der Waals surface area contributed by atoms with Crippen LogP contribution in [0.2, 0.25) is 0 Å². The van der Waals surface area contributed by atoms with Gasteiger partial charge in [-0.3, -0.25) is 9.59 Å². The molecule has 1 amide bonds. The van der Waals surface area contributed by atoms with Crippen molar-refractivity contribution >= 4 is 11.7 Å². The number of carbonyl (C=O) groups excluding carboxylic acids is 2. The summed E-state index contributed by atoms with van der Waals surface area (Å²) in [5, 5.41) is 2.60. The molecule has 1 aliphatic rings. The number of aryl methyl sites for hydroxylation is 2. The number of hydrogen-bond donors (Lipinski definition) is 1. The van der Waals surface area contributed by atoms with E-state index in [-0.39, 0.29) is 0 Å². The molecule has 0 bridgehead atoms. The molecule has 0 atom stereocenters. The van der Waals surface area contributed by atoms with Gasteiger partial charge in [0.1, 0.15) is 0 Å². The van der Waals surface area contributed by atoms with E-state index in [4.69, 9.17) is 0 Å². The zero-order valence-electron chi connectivity index (χ0n) is 9.38. The Bertz CT molecular complexity index is 438. The largest absolute Gasteiger partial charge is 0.345 e. The highest BCUT2D eigenvalue weighted by Crippen LogP contribution is 2.22. The van der Waals surface area contributed by atoms with Gasteiger partial charge in [-0.2, -0.15) is 0 Å². The minimum absolute atomic E-state index is 0.436. The Kier molecular flexibility index (Phi) is 3.04. The zero-order valence-corrected chi connectivity index (χ0v) is 9.38. The van der Waals surface area contributed by atoms with Crippen LogP contribution in [-0.4, -0.2) is 11.7 Å². The van der Waals surface area contributed by atoms with Gasteiger partial charge in [-0.1, -0.05) is 18.2 Å². The number of amides is 1. The van der Waals surface area contributed by atoms with Crippen LogP contribution in [0.15, 0.2) is 18.2 Å². The van der Waals surface area contributed by atoms with E-state index in [0.717, 1.165) is 18.4 Å². The fourth-order valence-electron chi connectivity index (χ4n) is 2.04. The van der Waals surface area contributed by atoms with Crippen molar-refractivity contribution in [2.45, 2.75) is 32.7 Å². The van der Waals surface area contributed by atoms with Gasteiger partial charge in [-0.05, 0) is 36.0 Å². The smallest absolute Gasteiger partial charge is 0.287 e. The topological polar surface area (TPSA) is 46.2 Å². The van der Waals surface area contributed by atoms with Crippen LogP contribution in [0, 0.1) is 0 Å². The molecule has 3 heteroatoms. The van der Waals surface area contributed by atoms with Crippen LogP contribution in [0.4, 0.5) is 0 Å². The van der Waals surface area contributed by atoms with Gasteiger partial charge in [0.05, 0.1) is 0 Å². The van der Waals surface area contributed by atoms with Crippen LogP contribution in [0.1, 0.15) is 30.0 Å². The van der Waals surface area contributed by atoms with Crippen molar-refractivity contribution in [3.63, 3.8) is 0 Å². The predicted molar refractivity (Wildman–Crippen MR) is 61.0 cm³/mol. The summed E-state index contributed by atoms with van der Waals surface area (Å²) in [5.41, 5.74) is 3.87. The van der Waals surface area contributed by atoms with Gasteiger partial charge in [0, 0.05) is 13.5 Å².